The third-order valence-electron chi connectivity index (χ3n) is 7.12. The summed E-state index contributed by atoms with van der Waals surface area (Å²) in [6.07, 6.45) is 6.43. The van der Waals surface area contributed by atoms with E-state index in [0.717, 1.165) is 42.4 Å². The van der Waals surface area contributed by atoms with Crippen molar-refractivity contribution >= 4 is 17.9 Å². The molecule has 7 nitrogen and oxygen atoms in total. The van der Waals surface area contributed by atoms with Gasteiger partial charge < -0.3 is 20.3 Å². The predicted octanol–water partition coefficient (Wildman–Crippen LogP) is 7.00. The number of unbranched alkanes of at least 4 members (excludes halogenated alkanes) is 5. The van der Waals surface area contributed by atoms with E-state index in [1.54, 1.807) is 25.7 Å². The highest BCUT2D eigenvalue weighted by atomic mass is 16.6. The number of hydrogen-bond acceptors (Lipinski definition) is 4. The molecule has 1 aromatic rings. The molecule has 3 atom stereocenters. The van der Waals surface area contributed by atoms with Crippen LogP contribution < -0.4 is 10.6 Å². The standard InChI is InChI=1S/C32H55N3O4/c1-11-13-14-15-16-17-21-35(30(37)27(23(5)12-2)34-31(38)39-32(8,9)10)28(29(36)33-22(3)4)26-20-18-19-24(6)25(26)7/h18-20,22-23,27-28H,11-17,21H2,1-10H3,(H,33,36)(H,34,38). The van der Waals surface area contributed by atoms with E-state index in [0.29, 0.717) is 13.0 Å². The maximum Gasteiger partial charge on any atom is 0.408 e. The molecule has 0 aromatic heterocycles. The van der Waals surface area contributed by atoms with Crippen molar-refractivity contribution in [3.05, 3.63) is 34.9 Å². The first-order chi connectivity index (χ1) is 18.2. The largest absolute Gasteiger partial charge is 0.444 e. The second-order valence-electron chi connectivity index (χ2n) is 12.2. The zero-order chi connectivity index (χ0) is 29.8. The van der Waals surface area contributed by atoms with Gasteiger partial charge in [-0.2, -0.15) is 0 Å². The van der Waals surface area contributed by atoms with E-state index in [2.05, 4.69) is 17.6 Å². The number of ether oxygens (including phenoxy) is 1. The SMILES string of the molecule is CCCCCCCCN(C(=O)C(NC(=O)OC(C)(C)C)C(C)CC)C(C(=O)NC(C)C)c1cccc(C)c1C. The molecule has 0 fully saturated rings. The Labute approximate surface area is 237 Å². The van der Waals surface area contributed by atoms with Crippen LogP contribution in [0.5, 0.6) is 0 Å². The van der Waals surface area contributed by atoms with Crippen molar-refractivity contribution in [1.82, 2.24) is 15.5 Å². The van der Waals surface area contributed by atoms with Gasteiger partial charge in [0.1, 0.15) is 17.7 Å². The maximum absolute atomic E-state index is 14.4. The summed E-state index contributed by atoms with van der Waals surface area (Å²) in [7, 11) is 0. The second kappa shape index (κ2) is 16.5. The summed E-state index contributed by atoms with van der Waals surface area (Å²) in [5.74, 6) is -0.615. The normalized spacial score (nSPS) is 13.9. The molecular weight excluding hydrogens is 490 g/mol. The van der Waals surface area contributed by atoms with Crippen LogP contribution in [0.4, 0.5) is 4.79 Å². The Morgan fingerprint density at radius 2 is 1.54 bits per heavy atom. The number of rotatable bonds is 15. The maximum atomic E-state index is 14.4. The minimum absolute atomic E-state index is 0.0821. The minimum Gasteiger partial charge on any atom is -0.444 e. The van der Waals surface area contributed by atoms with Crippen molar-refractivity contribution in [3.8, 4) is 0 Å². The summed E-state index contributed by atoms with van der Waals surface area (Å²) in [5, 5.41) is 5.90. The average molecular weight is 546 g/mol. The van der Waals surface area contributed by atoms with Gasteiger partial charge >= 0.3 is 6.09 Å². The van der Waals surface area contributed by atoms with Crippen LogP contribution in [0.2, 0.25) is 0 Å². The molecule has 0 aliphatic heterocycles. The zero-order valence-corrected chi connectivity index (χ0v) is 26.3. The number of nitrogens with zero attached hydrogens (tertiary/aromatic N) is 1. The molecule has 0 aliphatic carbocycles. The minimum atomic E-state index is -0.815. The molecule has 0 saturated carbocycles. The topological polar surface area (TPSA) is 87.7 Å². The van der Waals surface area contributed by atoms with E-state index >= 15 is 0 Å². The average Bonchev–Trinajstić information content (AvgIpc) is 2.83. The first-order valence-corrected chi connectivity index (χ1v) is 14.9. The zero-order valence-electron chi connectivity index (χ0n) is 26.3. The van der Waals surface area contributed by atoms with E-state index in [-0.39, 0.29) is 23.8 Å². The molecule has 0 saturated heterocycles. The van der Waals surface area contributed by atoms with Crippen LogP contribution in [0.15, 0.2) is 18.2 Å². The van der Waals surface area contributed by atoms with E-state index in [4.69, 9.17) is 4.74 Å². The van der Waals surface area contributed by atoms with Crippen molar-refractivity contribution in [2.75, 3.05) is 6.54 Å². The lowest BCUT2D eigenvalue weighted by atomic mass is 9.92. The van der Waals surface area contributed by atoms with E-state index < -0.39 is 23.8 Å². The molecule has 0 bridgehead atoms. The van der Waals surface area contributed by atoms with E-state index in [1.807, 2.05) is 59.7 Å². The van der Waals surface area contributed by atoms with Gasteiger partial charge in [0.2, 0.25) is 11.8 Å². The summed E-state index contributed by atoms with van der Waals surface area (Å²) < 4.78 is 5.51. The fraction of sp³-hybridized carbons (Fsp3) is 0.719. The van der Waals surface area contributed by atoms with Gasteiger partial charge in [0.15, 0.2) is 0 Å². The lowest BCUT2D eigenvalue weighted by Gasteiger charge is -2.37. The molecule has 39 heavy (non-hydrogen) atoms. The molecular formula is C32H55N3O4. The summed E-state index contributed by atoms with van der Waals surface area (Å²) in [6.45, 7) is 19.8. The molecule has 3 unspecified atom stereocenters. The Morgan fingerprint density at radius 1 is 0.923 bits per heavy atom. The highest BCUT2D eigenvalue weighted by Gasteiger charge is 2.38. The van der Waals surface area contributed by atoms with Crippen LogP contribution in [-0.4, -0.2) is 47.0 Å². The van der Waals surface area contributed by atoms with Gasteiger partial charge in [0.25, 0.3) is 0 Å². The van der Waals surface area contributed by atoms with Crippen LogP contribution in [0, 0.1) is 19.8 Å². The second-order valence-corrected chi connectivity index (χ2v) is 12.2. The van der Waals surface area contributed by atoms with Crippen LogP contribution in [-0.2, 0) is 14.3 Å². The number of carbonyl (C=O) groups is 3. The molecule has 7 heteroatoms. The Balaban J connectivity index is 3.54. The van der Waals surface area contributed by atoms with Gasteiger partial charge in [-0.1, -0.05) is 77.5 Å². The summed E-state index contributed by atoms with van der Waals surface area (Å²) in [4.78, 5) is 42.7. The number of amides is 3. The first kappa shape index (κ1) is 34.5. The monoisotopic (exact) mass is 545 g/mol. The third-order valence-corrected chi connectivity index (χ3v) is 7.12. The quantitative estimate of drug-likeness (QED) is 0.232. The number of nitrogens with one attached hydrogen (secondary N) is 2. The van der Waals surface area contributed by atoms with Gasteiger partial charge in [-0.15, -0.1) is 0 Å². The molecule has 1 aromatic carbocycles. The van der Waals surface area contributed by atoms with Gasteiger partial charge in [-0.25, -0.2) is 4.79 Å². The predicted molar refractivity (Wildman–Crippen MR) is 160 cm³/mol. The Morgan fingerprint density at radius 3 is 2.10 bits per heavy atom. The van der Waals surface area contributed by atoms with E-state index in [1.165, 1.54) is 12.8 Å². The van der Waals surface area contributed by atoms with Crippen LogP contribution >= 0.6 is 0 Å². The first-order valence-electron chi connectivity index (χ1n) is 14.9. The number of alkyl carbamates (subject to hydrolysis) is 1. The van der Waals surface area contributed by atoms with Crippen molar-refractivity contribution < 1.29 is 19.1 Å². The Kier molecular flexibility index (Phi) is 14.6. The smallest absolute Gasteiger partial charge is 0.408 e. The fourth-order valence-electron chi connectivity index (χ4n) is 4.61. The van der Waals surface area contributed by atoms with Gasteiger partial charge in [-0.05, 0) is 77.5 Å². The summed E-state index contributed by atoms with van der Waals surface area (Å²) in [6, 6.07) is 4.19. The van der Waals surface area contributed by atoms with Gasteiger partial charge in [0.05, 0.1) is 0 Å². The number of aryl methyl sites for hydroxylation is 1. The van der Waals surface area contributed by atoms with Gasteiger partial charge in [-0.3, -0.25) is 9.59 Å². The lowest BCUT2D eigenvalue weighted by Crippen LogP contribution is -2.55. The third kappa shape index (κ3) is 11.6. The molecule has 0 spiro atoms. The van der Waals surface area contributed by atoms with Gasteiger partial charge in [0, 0.05) is 12.6 Å². The van der Waals surface area contributed by atoms with Crippen molar-refractivity contribution in [2.45, 2.75) is 138 Å². The molecule has 1 rings (SSSR count). The van der Waals surface area contributed by atoms with Crippen LogP contribution in [0.3, 0.4) is 0 Å². The molecule has 222 valence electrons. The van der Waals surface area contributed by atoms with Crippen LogP contribution in [0.25, 0.3) is 0 Å². The molecule has 0 radical (unpaired) electrons. The van der Waals surface area contributed by atoms with E-state index in [9.17, 15) is 14.4 Å². The summed E-state index contributed by atoms with van der Waals surface area (Å²) in [5.41, 5.74) is 2.17. The molecule has 3 amide bonds. The van der Waals surface area contributed by atoms with Crippen LogP contribution in [0.1, 0.15) is 123 Å². The molecule has 2 N–H and O–H groups in total. The Bertz CT molecular complexity index is 922. The van der Waals surface area contributed by atoms with Crippen molar-refractivity contribution in [2.24, 2.45) is 5.92 Å². The van der Waals surface area contributed by atoms with Crippen molar-refractivity contribution in [3.63, 3.8) is 0 Å². The molecule has 0 aliphatic rings. The number of carbonyl (C=O) groups excluding carboxylic acids is 3. The fourth-order valence-corrected chi connectivity index (χ4v) is 4.61. The van der Waals surface area contributed by atoms with Crippen molar-refractivity contribution in [1.29, 1.82) is 0 Å². The number of benzene rings is 1. The number of hydrogen-bond donors (Lipinski definition) is 2. The highest BCUT2D eigenvalue weighted by Crippen LogP contribution is 2.29. The molecule has 0 heterocycles. The summed E-state index contributed by atoms with van der Waals surface area (Å²) >= 11 is 0. The Hall–Kier alpha value is -2.57. The highest BCUT2D eigenvalue weighted by molar-refractivity contribution is 5.92. The lowest BCUT2D eigenvalue weighted by molar-refractivity contribution is -0.143.